The van der Waals surface area contributed by atoms with E-state index in [4.69, 9.17) is 0 Å². The highest BCUT2D eigenvalue weighted by molar-refractivity contribution is 7.99. The average Bonchev–Trinajstić information content (AvgIpc) is 2.81. The van der Waals surface area contributed by atoms with Crippen LogP contribution in [0.5, 0.6) is 0 Å². The van der Waals surface area contributed by atoms with E-state index in [1.807, 2.05) is 30.3 Å². The molecule has 0 radical (unpaired) electrons. The van der Waals surface area contributed by atoms with Crippen LogP contribution < -0.4 is 10.9 Å². The Bertz CT molecular complexity index is 1400. The topological polar surface area (TPSA) is 107 Å². The molecular weight excluding hydrogens is 440 g/mol. The van der Waals surface area contributed by atoms with Crippen molar-refractivity contribution >= 4 is 39.9 Å². The van der Waals surface area contributed by atoms with Gasteiger partial charge in [-0.25, -0.2) is 4.98 Å². The fourth-order valence-electron chi connectivity index (χ4n) is 3.38. The number of hydrogen-bond acceptors (Lipinski definition) is 6. The van der Waals surface area contributed by atoms with Gasteiger partial charge < -0.3 is 5.32 Å². The maximum atomic E-state index is 13.2. The number of fused-ring (bicyclic) bond motifs is 1. The summed E-state index contributed by atoms with van der Waals surface area (Å²) in [4.78, 5) is 41.2. The summed E-state index contributed by atoms with van der Waals surface area (Å²) in [5.41, 5.74) is 1.96. The number of rotatable bonds is 7. The maximum absolute atomic E-state index is 13.2. The number of carbonyl (C=O) groups excluding carboxylic acids is 1. The number of hydrogen-bond donors (Lipinski definition) is 1. The number of anilines is 1. The van der Waals surface area contributed by atoms with Crippen molar-refractivity contribution in [2.24, 2.45) is 0 Å². The van der Waals surface area contributed by atoms with E-state index in [0.717, 1.165) is 22.9 Å². The zero-order valence-corrected chi connectivity index (χ0v) is 18.5. The molecule has 8 nitrogen and oxygen atoms in total. The van der Waals surface area contributed by atoms with Gasteiger partial charge in [-0.3, -0.25) is 24.3 Å². The van der Waals surface area contributed by atoms with Gasteiger partial charge >= 0.3 is 0 Å². The minimum Gasteiger partial charge on any atom is -0.320 e. The van der Waals surface area contributed by atoms with Crippen molar-refractivity contribution in [3.8, 4) is 0 Å². The van der Waals surface area contributed by atoms with Gasteiger partial charge in [-0.05, 0) is 36.2 Å². The summed E-state index contributed by atoms with van der Waals surface area (Å²) in [5, 5.41) is 14.8. The number of para-hydroxylation sites is 1. The lowest BCUT2D eigenvalue weighted by atomic mass is 10.2. The molecule has 1 heterocycles. The second-order valence-electron chi connectivity index (χ2n) is 7.40. The van der Waals surface area contributed by atoms with Crippen LogP contribution in [-0.4, -0.2) is 26.1 Å². The minimum absolute atomic E-state index is 0.0649. The molecule has 1 aromatic heterocycles. The third kappa shape index (κ3) is 5.09. The standard InChI is InChI=1S/C24H20N4O4S/c1-16-11-12-20(21(13-16)28(31)32)25-22(29)15-33-24-26-19-10-6-5-9-18(19)23(30)27(24)14-17-7-3-2-4-8-17/h2-13H,14-15H2,1H3,(H,25,29). The molecule has 0 saturated carbocycles. The molecular formula is C24H20N4O4S. The molecule has 0 spiro atoms. The van der Waals surface area contributed by atoms with Gasteiger partial charge in [0.15, 0.2) is 5.16 Å². The normalized spacial score (nSPS) is 10.8. The monoisotopic (exact) mass is 460 g/mol. The van der Waals surface area contributed by atoms with Crippen LogP contribution in [-0.2, 0) is 11.3 Å². The van der Waals surface area contributed by atoms with E-state index in [1.165, 1.54) is 12.1 Å². The summed E-state index contributed by atoms with van der Waals surface area (Å²) in [5.74, 6) is -0.495. The molecule has 0 aliphatic carbocycles. The molecule has 9 heteroatoms. The minimum atomic E-state index is -0.530. The molecule has 0 fully saturated rings. The number of nitrogens with one attached hydrogen (secondary N) is 1. The Morgan fingerprint density at radius 2 is 1.82 bits per heavy atom. The van der Waals surface area contributed by atoms with E-state index in [-0.39, 0.29) is 22.7 Å². The SMILES string of the molecule is Cc1ccc(NC(=O)CSc2nc3ccccc3c(=O)n2Cc2ccccc2)c([N+](=O)[O-])c1. The Kier molecular flexibility index (Phi) is 6.50. The second-order valence-corrected chi connectivity index (χ2v) is 8.35. The predicted molar refractivity (Wildman–Crippen MR) is 129 cm³/mol. The van der Waals surface area contributed by atoms with Crippen LogP contribution >= 0.6 is 11.8 Å². The molecule has 166 valence electrons. The van der Waals surface area contributed by atoms with E-state index in [9.17, 15) is 19.7 Å². The van der Waals surface area contributed by atoms with E-state index in [1.54, 1.807) is 41.8 Å². The van der Waals surface area contributed by atoms with Gasteiger partial charge in [0.05, 0.1) is 28.1 Å². The Morgan fingerprint density at radius 1 is 1.09 bits per heavy atom. The summed E-state index contributed by atoms with van der Waals surface area (Å²) in [6, 6.07) is 21.2. The Hall–Kier alpha value is -3.98. The zero-order valence-electron chi connectivity index (χ0n) is 17.7. The van der Waals surface area contributed by atoms with Crippen LogP contribution in [0.3, 0.4) is 0 Å². The van der Waals surface area contributed by atoms with Gasteiger partial charge in [0.1, 0.15) is 5.69 Å². The van der Waals surface area contributed by atoms with Crippen molar-refractivity contribution in [2.45, 2.75) is 18.6 Å². The Labute approximate surface area is 193 Å². The Balaban J connectivity index is 1.60. The summed E-state index contributed by atoms with van der Waals surface area (Å²) >= 11 is 1.11. The third-order valence-electron chi connectivity index (χ3n) is 4.97. The number of thioether (sulfide) groups is 1. The average molecular weight is 461 g/mol. The van der Waals surface area contributed by atoms with Crippen LogP contribution in [0.15, 0.2) is 82.7 Å². The zero-order chi connectivity index (χ0) is 23.4. The second kappa shape index (κ2) is 9.66. The van der Waals surface area contributed by atoms with Crippen molar-refractivity contribution in [1.82, 2.24) is 9.55 Å². The molecule has 3 aromatic carbocycles. The molecule has 0 aliphatic heterocycles. The van der Waals surface area contributed by atoms with E-state index in [2.05, 4.69) is 10.3 Å². The number of aryl methyl sites for hydroxylation is 1. The summed E-state index contributed by atoms with van der Waals surface area (Å²) in [6.07, 6.45) is 0. The number of nitro benzene ring substituents is 1. The van der Waals surface area contributed by atoms with Crippen molar-refractivity contribution in [2.75, 3.05) is 11.1 Å². The fourth-order valence-corrected chi connectivity index (χ4v) is 4.18. The third-order valence-corrected chi connectivity index (χ3v) is 5.94. The van der Waals surface area contributed by atoms with Crippen LogP contribution in [0.4, 0.5) is 11.4 Å². The molecule has 33 heavy (non-hydrogen) atoms. The first kappa shape index (κ1) is 22.2. The quantitative estimate of drug-likeness (QED) is 0.190. The number of carbonyl (C=O) groups is 1. The maximum Gasteiger partial charge on any atom is 0.293 e. The highest BCUT2D eigenvalue weighted by Gasteiger charge is 2.18. The first-order chi connectivity index (χ1) is 15.9. The molecule has 0 saturated heterocycles. The molecule has 1 N–H and O–H groups in total. The first-order valence-corrected chi connectivity index (χ1v) is 11.1. The molecule has 4 rings (SSSR count). The molecule has 0 aliphatic rings. The molecule has 0 atom stereocenters. The molecule has 0 unspecified atom stereocenters. The summed E-state index contributed by atoms with van der Waals surface area (Å²) in [6.45, 7) is 2.05. The van der Waals surface area contributed by atoms with Crippen molar-refractivity contribution < 1.29 is 9.72 Å². The lowest BCUT2D eigenvalue weighted by Gasteiger charge is -2.13. The van der Waals surface area contributed by atoms with Crippen molar-refractivity contribution in [3.63, 3.8) is 0 Å². The molecule has 0 bridgehead atoms. The largest absolute Gasteiger partial charge is 0.320 e. The number of nitrogens with zero attached hydrogens (tertiary/aromatic N) is 3. The van der Waals surface area contributed by atoms with Crippen molar-refractivity contribution in [1.29, 1.82) is 0 Å². The van der Waals surface area contributed by atoms with Gasteiger partial charge in [-0.2, -0.15) is 0 Å². The van der Waals surface area contributed by atoms with E-state index >= 15 is 0 Å². The summed E-state index contributed by atoms with van der Waals surface area (Å²) < 4.78 is 1.55. The number of benzene rings is 3. The summed E-state index contributed by atoms with van der Waals surface area (Å²) in [7, 11) is 0. The lowest BCUT2D eigenvalue weighted by Crippen LogP contribution is -2.25. The van der Waals surface area contributed by atoms with Gasteiger partial charge in [0.2, 0.25) is 5.91 Å². The van der Waals surface area contributed by atoms with Gasteiger partial charge in [0.25, 0.3) is 11.2 Å². The number of amides is 1. The van der Waals surface area contributed by atoms with Gasteiger partial charge in [-0.1, -0.05) is 60.3 Å². The lowest BCUT2D eigenvalue weighted by molar-refractivity contribution is -0.384. The number of nitro groups is 1. The predicted octanol–water partition coefficient (Wildman–Crippen LogP) is 4.39. The highest BCUT2D eigenvalue weighted by Crippen LogP contribution is 2.26. The van der Waals surface area contributed by atoms with Crippen LogP contribution in [0.25, 0.3) is 10.9 Å². The van der Waals surface area contributed by atoms with Crippen LogP contribution in [0, 0.1) is 17.0 Å². The highest BCUT2D eigenvalue weighted by atomic mass is 32.2. The van der Waals surface area contributed by atoms with Crippen LogP contribution in [0.2, 0.25) is 0 Å². The Morgan fingerprint density at radius 3 is 2.58 bits per heavy atom. The molecule has 1 amide bonds. The van der Waals surface area contributed by atoms with Gasteiger partial charge in [0, 0.05) is 6.07 Å². The van der Waals surface area contributed by atoms with E-state index < -0.39 is 10.8 Å². The number of aromatic nitrogens is 2. The fraction of sp³-hybridized carbons (Fsp3) is 0.125. The van der Waals surface area contributed by atoms with Crippen molar-refractivity contribution in [3.05, 3.63) is 104 Å². The first-order valence-electron chi connectivity index (χ1n) is 10.1. The van der Waals surface area contributed by atoms with Gasteiger partial charge in [-0.15, -0.1) is 0 Å². The molecule has 4 aromatic rings. The van der Waals surface area contributed by atoms with Crippen LogP contribution in [0.1, 0.15) is 11.1 Å². The van der Waals surface area contributed by atoms with E-state index in [0.29, 0.717) is 22.6 Å². The smallest absolute Gasteiger partial charge is 0.293 e.